The normalized spacial score (nSPS) is 15.2. The van der Waals surface area contributed by atoms with Crippen LogP contribution in [0.2, 0.25) is 0 Å². The van der Waals surface area contributed by atoms with Crippen LogP contribution in [-0.4, -0.2) is 37.7 Å². The van der Waals surface area contributed by atoms with E-state index in [0.29, 0.717) is 42.2 Å². The molecule has 3 aromatic rings. The van der Waals surface area contributed by atoms with Gasteiger partial charge in [-0.2, -0.15) is 0 Å². The van der Waals surface area contributed by atoms with Crippen LogP contribution in [0, 0.1) is 5.92 Å². The Bertz CT molecular complexity index is 1190. The summed E-state index contributed by atoms with van der Waals surface area (Å²) in [6.07, 6.45) is 0.837. The van der Waals surface area contributed by atoms with Crippen LogP contribution in [0.1, 0.15) is 28.1 Å². The number of rotatable bonds is 7. The Labute approximate surface area is 197 Å². The predicted octanol–water partition coefficient (Wildman–Crippen LogP) is 4.15. The Kier molecular flexibility index (Phi) is 7.22. The summed E-state index contributed by atoms with van der Waals surface area (Å²) in [5.41, 5.74) is 1.35. The largest absolute Gasteiger partial charge is 0.426 e. The Morgan fingerprint density at radius 2 is 1.67 bits per heavy atom. The van der Waals surface area contributed by atoms with Crippen molar-refractivity contribution in [2.24, 2.45) is 5.92 Å². The quantitative estimate of drug-likeness (QED) is 0.402. The number of carbonyl (C=O) groups is 2. The van der Waals surface area contributed by atoms with Crippen LogP contribution in [0.5, 0.6) is 5.75 Å². The van der Waals surface area contributed by atoms with Gasteiger partial charge in [-0.1, -0.05) is 36.4 Å². The zero-order valence-corrected chi connectivity index (χ0v) is 19.5. The minimum atomic E-state index is -3.43. The minimum Gasteiger partial charge on any atom is -0.426 e. The molecule has 2 heterocycles. The lowest BCUT2D eigenvalue weighted by Crippen LogP contribution is -2.41. The second-order valence-corrected chi connectivity index (χ2v) is 10.7. The van der Waals surface area contributed by atoms with Crippen molar-refractivity contribution in [3.8, 4) is 5.75 Å². The summed E-state index contributed by atoms with van der Waals surface area (Å²) in [7, 11) is -3.43. The average molecular weight is 485 g/mol. The molecule has 2 aromatic carbocycles. The van der Waals surface area contributed by atoms with Crippen molar-refractivity contribution >= 4 is 38.9 Å². The molecule has 0 aliphatic carbocycles. The third-order valence-electron chi connectivity index (χ3n) is 5.45. The van der Waals surface area contributed by atoms with Crippen LogP contribution >= 0.6 is 11.3 Å². The van der Waals surface area contributed by atoms with Gasteiger partial charge in [-0.25, -0.2) is 12.7 Å². The Hall–Kier alpha value is -3.01. The van der Waals surface area contributed by atoms with E-state index in [1.807, 2.05) is 29.6 Å². The van der Waals surface area contributed by atoms with Gasteiger partial charge in [0.2, 0.25) is 10.0 Å². The zero-order valence-electron chi connectivity index (χ0n) is 17.8. The maximum atomic E-state index is 12.7. The van der Waals surface area contributed by atoms with E-state index in [1.165, 1.54) is 15.6 Å². The van der Waals surface area contributed by atoms with Crippen LogP contribution in [0.4, 0.5) is 5.69 Å². The molecule has 1 saturated heterocycles. The third-order valence-corrected chi connectivity index (χ3v) is 8.17. The second kappa shape index (κ2) is 10.3. The molecule has 1 aromatic heterocycles. The molecule has 0 unspecified atom stereocenters. The molecule has 4 rings (SSSR count). The molecule has 1 aliphatic heterocycles. The van der Waals surface area contributed by atoms with Crippen molar-refractivity contribution in [3.05, 3.63) is 82.6 Å². The van der Waals surface area contributed by atoms with Gasteiger partial charge in [0.15, 0.2) is 0 Å². The summed E-state index contributed by atoms with van der Waals surface area (Å²) in [4.78, 5) is 25.3. The molecule has 33 heavy (non-hydrogen) atoms. The van der Waals surface area contributed by atoms with Gasteiger partial charge in [-0.3, -0.25) is 9.59 Å². The number of hydrogen-bond donors (Lipinski definition) is 1. The average Bonchev–Trinajstić information content (AvgIpc) is 3.36. The maximum absolute atomic E-state index is 12.7. The van der Waals surface area contributed by atoms with E-state index < -0.39 is 10.0 Å². The van der Waals surface area contributed by atoms with Crippen molar-refractivity contribution < 1.29 is 22.7 Å². The topological polar surface area (TPSA) is 92.8 Å². The van der Waals surface area contributed by atoms with E-state index in [0.717, 1.165) is 5.56 Å². The van der Waals surface area contributed by atoms with E-state index >= 15 is 0 Å². The van der Waals surface area contributed by atoms with E-state index in [9.17, 15) is 18.0 Å². The minimum absolute atomic E-state index is 0.0433. The SMILES string of the molecule is O=C(Nc1ccc(OC(=O)C2CCN(S(=O)(=O)Cc3ccccc3)CC2)cc1)c1cccs1. The van der Waals surface area contributed by atoms with Crippen molar-refractivity contribution in [3.63, 3.8) is 0 Å². The highest BCUT2D eigenvalue weighted by Gasteiger charge is 2.32. The van der Waals surface area contributed by atoms with Crippen LogP contribution in [0.3, 0.4) is 0 Å². The molecule has 7 nitrogen and oxygen atoms in total. The number of sulfonamides is 1. The first-order chi connectivity index (χ1) is 15.9. The molecule has 1 amide bonds. The summed E-state index contributed by atoms with van der Waals surface area (Å²) < 4.78 is 32.3. The highest BCUT2D eigenvalue weighted by Crippen LogP contribution is 2.25. The number of benzene rings is 2. The number of esters is 1. The number of amides is 1. The van der Waals surface area contributed by atoms with Gasteiger partial charge in [0, 0.05) is 18.8 Å². The number of hydrogen-bond acceptors (Lipinski definition) is 6. The second-order valence-electron chi connectivity index (χ2n) is 7.79. The fraction of sp³-hybridized carbons (Fsp3) is 0.250. The van der Waals surface area contributed by atoms with Gasteiger partial charge in [0.25, 0.3) is 5.91 Å². The molecule has 1 fully saturated rings. The molecule has 1 N–H and O–H groups in total. The molecular formula is C24H24N2O5S2. The highest BCUT2D eigenvalue weighted by molar-refractivity contribution is 7.88. The molecule has 172 valence electrons. The van der Waals surface area contributed by atoms with Crippen LogP contribution in [-0.2, 0) is 20.6 Å². The summed E-state index contributed by atoms with van der Waals surface area (Å²) in [5.74, 6) is -0.577. The lowest BCUT2D eigenvalue weighted by atomic mass is 9.98. The lowest BCUT2D eigenvalue weighted by molar-refractivity contribution is -0.140. The van der Waals surface area contributed by atoms with Crippen LogP contribution in [0.25, 0.3) is 0 Å². The zero-order chi connectivity index (χ0) is 23.3. The van der Waals surface area contributed by atoms with Crippen molar-refractivity contribution in [1.29, 1.82) is 0 Å². The molecular weight excluding hydrogens is 460 g/mol. The predicted molar refractivity (Wildman–Crippen MR) is 128 cm³/mol. The van der Waals surface area contributed by atoms with Gasteiger partial charge in [0.1, 0.15) is 5.75 Å². The summed E-state index contributed by atoms with van der Waals surface area (Å²) in [5, 5.41) is 4.63. The van der Waals surface area contributed by atoms with E-state index in [-0.39, 0.29) is 23.5 Å². The van der Waals surface area contributed by atoms with Gasteiger partial charge < -0.3 is 10.1 Å². The monoisotopic (exact) mass is 484 g/mol. The van der Waals surface area contributed by atoms with Gasteiger partial charge in [-0.15, -0.1) is 11.3 Å². The Morgan fingerprint density at radius 3 is 2.30 bits per heavy atom. The van der Waals surface area contributed by atoms with E-state index in [4.69, 9.17) is 4.74 Å². The van der Waals surface area contributed by atoms with Gasteiger partial charge >= 0.3 is 5.97 Å². The lowest BCUT2D eigenvalue weighted by Gasteiger charge is -2.30. The fourth-order valence-corrected chi connectivity index (χ4v) is 5.83. The van der Waals surface area contributed by atoms with Crippen molar-refractivity contribution in [2.45, 2.75) is 18.6 Å². The summed E-state index contributed by atoms with van der Waals surface area (Å²) in [6, 6.07) is 19.2. The Balaban J connectivity index is 1.27. The van der Waals surface area contributed by atoms with E-state index in [2.05, 4.69) is 5.32 Å². The highest BCUT2D eigenvalue weighted by atomic mass is 32.2. The first-order valence-corrected chi connectivity index (χ1v) is 13.1. The number of nitrogens with zero attached hydrogens (tertiary/aromatic N) is 1. The van der Waals surface area contributed by atoms with Crippen molar-refractivity contribution in [2.75, 3.05) is 18.4 Å². The number of piperidine rings is 1. The molecule has 0 bridgehead atoms. The van der Waals surface area contributed by atoms with Crippen molar-refractivity contribution in [1.82, 2.24) is 4.31 Å². The van der Waals surface area contributed by atoms with Gasteiger partial charge in [0.05, 0.1) is 16.5 Å². The molecule has 0 saturated carbocycles. The fourth-order valence-electron chi connectivity index (χ4n) is 3.65. The number of anilines is 1. The first kappa shape index (κ1) is 23.2. The van der Waals surface area contributed by atoms with E-state index in [1.54, 1.807) is 42.5 Å². The molecule has 9 heteroatoms. The summed E-state index contributed by atoms with van der Waals surface area (Å²) >= 11 is 1.36. The van der Waals surface area contributed by atoms with Crippen LogP contribution < -0.4 is 10.1 Å². The maximum Gasteiger partial charge on any atom is 0.314 e. The van der Waals surface area contributed by atoms with Crippen LogP contribution in [0.15, 0.2) is 72.1 Å². The molecule has 0 atom stereocenters. The molecule has 1 aliphatic rings. The standard InChI is InChI=1S/C24H24N2O5S2/c27-23(22-7-4-16-32-22)25-20-8-10-21(11-9-20)31-24(28)19-12-14-26(15-13-19)33(29,30)17-18-5-2-1-3-6-18/h1-11,16,19H,12-15,17H2,(H,25,27). The smallest absolute Gasteiger partial charge is 0.314 e. The molecule has 0 spiro atoms. The molecule has 0 radical (unpaired) electrons. The number of carbonyl (C=O) groups excluding carboxylic acids is 2. The third kappa shape index (κ3) is 6.07. The number of nitrogens with one attached hydrogen (secondary N) is 1. The summed E-state index contributed by atoms with van der Waals surface area (Å²) in [6.45, 7) is 0.589. The van der Waals surface area contributed by atoms with Gasteiger partial charge in [-0.05, 0) is 54.1 Å². The number of thiophene rings is 1. The number of ether oxygens (including phenoxy) is 1. The first-order valence-electron chi connectivity index (χ1n) is 10.6. The Morgan fingerprint density at radius 1 is 0.970 bits per heavy atom.